The van der Waals surface area contributed by atoms with Gasteiger partial charge in [-0.05, 0) is 60.9 Å². The molecule has 32 heavy (non-hydrogen) atoms. The van der Waals surface area contributed by atoms with Crippen molar-refractivity contribution in [3.05, 3.63) is 87.6 Å². The highest BCUT2D eigenvalue weighted by Gasteiger charge is 2.35. The van der Waals surface area contributed by atoms with E-state index in [1.54, 1.807) is 4.90 Å². The molecule has 1 aliphatic rings. The van der Waals surface area contributed by atoms with Gasteiger partial charge in [0.25, 0.3) is 5.91 Å². The molecular formula is C27H30N2O2S. The number of hydrogen-bond acceptors (Lipinski definition) is 3. The Labute approximate surface area is 194 Å². The molecule has 4 nitrogen and oxygen atoms in total. The van der Waals surface area contributed by atoms with Gasteiger partial charge in [0.15, 0.2) is 0 Å². The molecule has 0 saturated heterocycles. The standard InChI is InChI=1S/C27H30N2O2S/c1-19-11-9-16-23(20(19)2)29(27(31)24-17-10-18-32-24)25(21-12-5-3-6-13-21)26(30)28-22-14-7-4-8-15-22/h3,5-6,9-13,16-18,22,25H,4,7-8,14-15H2,1-2H3,(H,28,30). The number of carbonyl (C=O) groups is 2. The second-order valence-corrected chi connectivity index (χ2v) is 9.48. The zero-order valence-electron chi connectivity index (χ0n) is 18.7. The minimum Gasteiger partial charge on any atom is -0.351 e. The summed E-state index contributed by atoms with van der Waals surface area (Å²) in [5.41, 5.74) is 3.68. The molecule has 1 fully saturated rings. The zero-order valence-corrected chi connectivity index (χ0v) is 19.5. The molecule has 2 amide bonds. The van der Waals surface area contributed by atoms with Gasteiger partial charge in [0.1, 0.15) is 6.04 Å². The Bertz CT molecular complexity index is 1060. The van der Waals surface area contributed by atoms with Crippen LogP contribution in [0.15, 0.2) is 66.0 Å². The highest BCUT2D eigenvalue weighted by Crippen LogP contribution is 2.34. The van der Waals surface area contributed by atoms with Gasteiger partial charge in [0, 0.05) is 11.7 Å². The zero-order chi connectivity index (χ0) is 22.5. The van der Waals surface area contributed by atoms with E-state index in [4.69, 9.17) is 0 Å². The minimum atomic E-state index is -0.742. The SMILES string of the molecule is Cc1cccc(N(C(=O)c2cccs2)C(C(=O)NC2CCCCC2)c2ccccc2)c1C. The van der Waals surface area contributed by atoms with E-state index in [0.29, 0.717) is 4.88 Å². The molecular weight excluding hydrogens is 416 g/mol. The number of nitrogens with one attached hydrogen (secondary N) is 1. The normalized spacial score (nSPS) is 15.2. The van der Waals surface area contributed by atoms with E-state index < -0.39 is 6.04 Å². The Morgan fingerprint density at radius 1 is 0.938 bits per heavy atom. The monoisotopic (exact) mass is 446 g/mol. The van der Waals surface area contributed by atoms with Gasteiger partial charge in [-0.15, -0.1) is 11.3 Å². The van der Waals surface area contributed by atoms with Crippen LogP contribution >= 0.6 is 11.3 Å². The number of anilines is 1. The lowest BCUT2D eigenvalue weighted by atomic mass is 9.94. The van der Waals surface area contributed by atoms with Crippen molar-refractivity contribution in [3.8, 4) is 0 Å². The molecule has 0 spiro atoms. The topological polar surface area (TPSA) is 49.4 Å². The third-order valence-electron chi connectivity index (χ3n) is 6.36. The first kappa shape index (κ1) is 22.3. The third-order valence-corrected chi connectivity index (χ3v) is 7.22. The summed E-state index contributed by atoms with van der Waals surface area (Å²) < 4.78 is 0. The number of amides is 2. The molecule has 1 N–H and O–H groups in total. The highest BCUT2D eigenvalue weighted by molar-refractivity contribution is 7.12. The fourth-order valence-electron chi connectivity index (χ4n) is 4.46. The first-order valence-corrected chi connectivity index (χ1v) is 12.2. The van der Waals surface area contributed by atoms with Crippen LogP contribution in [0.2, 0.25) is 0 Å². The van der Waals surface area contributed by atoms with Crippen molar-refractivity contribution in [2.75, 3.05) is 4.90 Å². The van der Waals surface area contributed by atoms with Crippen LogP contribution in [0.4, 0.5) is 5.69 Å². The maximum Gasteiger partial charge on any atom is 0.269 e. The minimum absolute atomic E-state index is 0.117. The Morgan fingerprint density at radius 3 is 2.38 bits per heavy atom. The van der Waals surface area contributed by atoms with Crippen LogP contribution in [0.3, 0.4) is 0 Å². The van der Waals surface area contributed by atoms with Gasteiger partial charge >= 0.3 is 0 Å². The fourth-order valence-corrected chi connectivity index (χ4v) is 5.12. The largest absolute Gasteiger partial charge is 0.351 e. The summed E-state index contributed by atoms with van der Waals surface area (Å²) in [4.78, 5) is 30.0. The summed E-state index contributed by atoms with van der Waals surface area (Å²) >= 11 is 1.40. The lowest BCUT2D eigenvalue weighted by Gasteiger charge is -2.34. The van der Waals surface area contributed by atoms with Crippen molar-refractivity contribution in [2.24, 2.45) is 0 Å². The number of aryl methyl sites for hydroxylation is 1. The first-order chi connectivity index (χ1) is 15.6. The van der Waals surface area contributed by atoms with Crippen LogP contribution in [0.1, 0.15) is 64.5 Å². The molecule has 0 aliphatic heterocycles. The molecule has 1 saturated carbocycles. The van der Waals surface area contributed by atoms with Gasteiger partial charge in [-0.25, -0.2) is 0 Å². The molecule has 3 aromatic rings. The van der Waals surface area contributed by atoms with E-state index in [-0.39, 0.29) is 17.9 Å². The number of hydrogen-bond donors (Lipinski definition) is 1. The Morgan fingerprint density at radius 2 is 1.69 bits per heavy atom. The molecule has 0 radical (unpaired) electrons. The van der Waals surface area contributed by atoms with Crippen molar-refractivity contribution in [1.82, 2.24) is 5.32 Å². The van der Waals surface area contributed by atoms with Gasteiger partial charge in [-0.1, -0.05) is 67.8 Å². The summed E-state index contributed by atoms with van der Waals surface area (Å²) in [5.74, 6) is -0.268. The van der Waals surface area contributed by atoms with Crippen LogP contribution in [0.25, 0.3) is 0 Å². The molecule has 1 atom stereocenters. The van der Waals surface area contributed by atoms with Crippen molar-refractivity contribution in [2.45, 2.75) is 58.0 Å². The summed E-state index contributed by atoms with van der Waals surface area (Å²) in [7, 11) is 0. The predicted octanol–water partition coefficient (Wildman–Crippen LogP) is 6.20. The molecule has 1 unspecified atom stereocenters. The van der Waals surface area contributed by atoms with E-state index in [1.807, 2.05) is 79.9 Å². The van der Waals surface area contributed by atoms with Gasteiger partial charge < -0.3 is 5.32 Å². The summed E-state index contributed by atoms with van der Waals surface area (Å²) in [6, 6.07) is 18.7. The smallest absolute Gasteiger partial charge is 0.269 e. The van der Waals surface area contributed by atoms with Crippen molar-refractivity contribution >= 4 is 28.8 Å². The second-order valence-electron chi connectivity index (χ2n) is 8.53. The molecule has 4 rings (SSSR count). The van der Waals surface area contributed by atoms with Crippen LogP contribution in [0, 0.1) is 13.8 Å². The molecule has 1 aliphatic carbocycles. The van der Waals surface area contributed by atoms with E-state index in [0.717, 1.165) is 48.1 Å². The maximum absolute atomic E-state index is 13.8. The second kappa shape index (κ2) is 10.1. The Balaban J connectivity index is 1.81. The van der Waals surface area contributed by atoms with Crippen molar-refractivity contribution < 1.29 is 9.59 Å². The average Bonchev–Trinajstić information content (AvgIpc) is 3.35. The van der Waals surface area contributed by atoms with Crippen molar-refractivity contribution in [3.63, 3.8) is 0 Å². The van der Waals surface area contributed by atoms with Crippen LogP contribution in [-0.4, -0.2) is 17.9 Å². The third kappa shape index (κ3) is 4.78. The fraction of sp³-hybridized carbons (Fsp3) is 0.333. The van der Waals surface area contributed by atoms with Gasteiger partial charge in [0.2, 0.25) is 5.91 Å². The first-order valence-electron chi connectivity index (χ1n) is 11.3. The number of nitrogens with zero attached hydrogens (tertiary/aromatic N) is 1. The number of carbonyl (C=O) groups excluding carboxylic acids is 2. The summed E-state index contributed by atoms with van der Waals surface area (Å²) in [5, 5.41) is 5.17. The summed E-state index contributed by atoms with van der Waals surface area (Å²) in [6.07, 6.45) is 5.48. The lowest BCUT2D eigenvalue weighted by molar-refractivity contribution is -0.123. The highest BCUT2D eigenvalue weighted by atomic mass is 32.1. The predicted molar refractivity (Wildman–Crippen MR) is 131 cm³/mol. The molecule has 5 heteroatoms. The molecule has 1 aromatic heterocycles. The lowest BCUT2D eigenvalue weighted by Crippen LogP contribution is -2.47. The van der Waals surface area contributed by atoms with Gasteiger partial charge in [0.05, 0.1) is 4.88 Å². The van der Waals surface area contributed by atoms with Crippen LogP contribution in [0.5, 0.6) is 0 Å². The maximum atomic E-state index is 13.8. The molecule has 2 aromatic carbocycles. The number of rotatable bonds is 6. The van der Waals surface area contributed by atoms with E-state index in [1.165, 1.54) is 17.8 Å². The van der Waals surface area contributed by atoms with E-state index >= 15 is 0 Å². The number of thiophene rings is 1. The molecule has 166 valence electrons. The van der Waals surface area contributed by atoms with E-state index in [2.05, 4.69) is 5.32 Å². The van der Waals surface area contributed by atoms with Gasteiger partial charge in [-0.3, -0.25) is 14.5 Å². The summed E-state index contributed by atoms with van der Waals surface area (Å²) in [6.45, 7) is 4.05. The van der Waals surface area contributed by atoms with Crippen LogP contribution in [-0.2, 0) is 4.79 Å². The Hall–Kier alpha value is -2.92. The van der Waals surface area contributed by atoms with Gasteiger partial charge in [-0.2, -0.15) is 0 Å². The van der Waals surface area contributed by atoms with Crippen LogP contribution < -0.4 is 10.2 Å². The quantitative estimate of drug-likeness (QED) is 0.490. The Kier molecular flexibility index (Phi) is 7.05. The van der Waals surface area contributed by atoms with Crippen molar-refractivity contribution in [1.29, 1.82) is 0 Å². The van der Waals surface area contributed by atoms with E-state index in [9.17, 15) is 9.59 Å². The molecule has 0 bridgehead atoms. The molecule has 1 heterocycles. The average molecular weight is 447 g/mol. The number of benzene rings is 2.